The zero-order chi connectivity index (χ0) is 18.5. The third-order valence-electron chi connectivity index (χ3n) is 4.77. The molecule has 0 spiro atoms. The van der Waals surface area contributed by atoms with Gasteiger partial charge in [-0.05, 0) is 30.7 Å². The molecule has 2 aromatic carbocycles. The summed E-state index contributed by atoms with van der Waals surface area (Å²) in [5.41, 5.74) is 1.74. The normalized spacial score (nSPS) is 17.0. The summed E-state index contributed by atoms with van der Waals surface area (Å²) >= 11 is 5.99. The molecule has 1 unspecified atom stereocenters. The highest BCUT2D eigenvalue weighted by Crippen LogP contribution is 2.23. The van der Waals surface area contributed by atoms with Gasteiger partial charge in [-0.3, -0.25) is 14.6 Å². The van der Waals surface area contributed by atoms with E-state index in [0.29, 0.717) is 5.69 Å². The van der Waals surface area contributed by atoms with Gasteiger partial charge in [-0.2, -0.15) is 0 Å². The lowest BCUT2D eigenvalue weighted by Crippen LogP contribution is -2.52. The lowest BCUT2D eigenvalue weighted by atomic mass is 10.1. The van der Waals surface area contributed by atoms with Crippen LogP contribution in [-0.2, 0) is 11.3 Å². The third-order valence-corrected chi connectivity index (χ3v) is 5.08. The van der Waals surface area contributed by atoms with Crippen molar-refractivity contribution in [2.24, 2.45) is 0 Å². The summed E-state index contributed by atoms with van der Waals surface area (Å²) in [7, 11) is 0. The van der Waals surface area contributed by atoms with Crippen molar-refractivity contribution in [2.75, 3.05) is 31.5 Å². The summed E-state index contributed by atoms with van der Waals surface area (Å²) in [6, 6.07) is 14.1. The van der Waals surface area contributed by atoms with Gasteiger partial charge >= 0.3 is 0 Å². The molecule has 1 aliphatic heterocycles. The van der Waals surface area contributed by atoms with Gasteiger partial charge in [-0.15, -0.1) is 0 Å². The van der Waals surface area contributed by atoms with E-state index in [1.54, 1.807) is 0 Å². The number of anilines is 1. The minimum atomic E-state index is -0.421. The van der Waals surface area contributed by atoms with Crippen molar-refractivity contribution in [3.63, 3.8) is 0 Å². The van der Waals surface area contributed by atoms with E-state index >= 15 is 0 Å². The fraction of sp³-hybridized carbons (Fsp3) is 0.350. The monoisotopic (exact) mass is 375 g/mol. The van der Waals surface area contributed by atoms with Gasteiger partial charge in [0.25, 0.3) is 0 Å². The molecule has 0 aliphatic carbocycles. The summed E-state index contributed by atoms with van der Waals surface area (Å²) < 4.78 is 13.1. The minimum absolute atomic E-state index is 0.130. The van der Waals surface area contributed by atoms with E-state index in [2.05, 4.69) is 39.4 Å². The number of hydrogen-bond acceptors (Lipinski definition) is 3. The largest absolute Gasteiger partial charge is 0.323 e. The molecule has 3 rings (SSSR count). The molecule has 1 amide bonds. The summed E-state index contributed by atoms with van der Waals surface area (Å²) in [5, 5.41) is 3.00. The minimum Gasteiger partial charge on any atom is -0.323 e. The number of piperazine rings is 1. The van der Waals surface area contributed by atoms with Crippen molar-refractivity contribution < 1.29 is 9.18 Å². The Morgan fingerprint density at radius 1 is 1.15 bits per heavy atom. The second-order valence-electron chi connectivity index (χ2n) is 6.59. The van der Waals surface area contributed by atoms with Crippen LogP contribution in [0.4, 0.5) is 10.1 Å². The van der Waals surface area contributed by atoms with Crippen molar-refractivity contribution in [2.45, 2.75) is 19.5 Å². The Hall–Kier alpha value is -1.95. The van der Waals surface area contributed by atoms with Crippen LogP contribution < -0.4 is 5.32 Å². The van der Waals surface area contributed by atoms with E-state index in [9.17, 15) is 9.18 Å². The first-order chi connectivity index (χ1) is 12.5. The van der Waals surface area contributed by atoms with E-state index in [4.69, 9.17) is 11.6 Å². The fourth-order valence-electron chi connectivity index (χ4n) is 3.14. The molecule has 0 aromatic heterocycles. The Labute approximate surface area is 158 Å². The van der Waals surface area contributed by atoms with Crippen molar-refractivity contribution in [3.05, 3.63) is 64.9 Å². The number of carbonyl (C=O) groups excluding carboxylic acids is 1. The van der Waals surface area contributed by atoms with Crippen LogP contribution in [0.1, 0.15) is 12.5 Å². The Bertz CT molecular complexity index is 748. The molecular weight excluding hydrogens is 353 g/mol. The van der Waals surface area contributed by atoms with E-state index in [1.807, 2.05) is 13.0 Å². The highest BCUT2D eigenvalue weighted by atomic mass is 35.5. The van der Waals surface area contributed by atoms with Crippen LogP contribution in [0.5, 0.6) is 0 Å². The Kier molecular flexibility index (Phi) is 6.25. The van der Waals surface area contributed by atoms with Crippen LogP contribution in [0.3, 0.4) is 0 Å². The van der Waals surface area contributed by atoms with Crippen LogP contribution in [-0.4, -0.2) is 47.9 Å². The van der Waals surface area contributed by atoms with Crippen molar-refractivity contribution in [1.82, 2.24) is 9.80 Å². The number of halogens is 2. The first-order valence-electron chi connectivity index (χ1n) is 8.79. The third kappa shape index (κ3) is 4.81. The maximum absolute atomic E-state index is 13.1. The Morgan fingerprint density at radius 2 is 1.85 bits per heavy atom. The van der Waals surface area contributed by atoms with Gasteiger partial charge < -0.3 is 5.32 Å². The first-order valence-corrected chi connectivity index (χ1v) is 9.17. The molecule has 2 aromatic rings. The highest BCUT2D eigenvalue weighted by Gasteiger charge is 2.26. The smallest absolute Gasteiger partial charge is 0.241 e. The maximum atomic E-state index is 13.1. The Balaban J connectivity index is 1.51. The maximum Gasteiger partial charge on any atom is 0.241 e. The number of rotatable bonds is 5. The van der Waals surface area contributed by atoms with Crippen LogP contribution >= 0.6 is 11.6 Å². The van der Waals surface area contributed by atoms with Gasteiger partial charge in [0.2, 0.25) is 5.91 Å². The molecule has 1 aliphatic rings. The molecule has 1 atom stereocenters. The van der Waals surface area contributed by atoms with Gasteiger partial charge in [0.1, 0.15) is 5.82 Å². The molecule has 1 saturated heterocycles. The van der Waals surface area contributed by atoms with Gasteiger partial charge in [0, 0.05) is 32.7 Å². The number of carbonyl (C=O) groups is 1. The quantitative estimate of drug-likeness (QED) is 0.866. The number of hydrogen-bond donors (Lipinski definition) is 1. The molecular formula is C20H23ClFN3O. The van der Waals surface area contributed by atoms with Gasteiger partial charge in [-0.1, -0.05) is 41.9 Å². The number of nitrogens with zero attached hydrogens (tertiary/aromatic N) is 2. The van der Waals surface area contributed by atoms with Crippen LogP contribution in [0.15, 0.2) is 48.5 Å². The van der Waals surface area contributed by atoms with E-state index in [0.717, 1.165) is 32.7 Å². The lowest BCUT2D eigenvalue weighted by Gasteiger charge is -2.37. The molecule has 1 fully saturated rings. The fourth-order valence-corrected chi connectivity index (χ4v) is 3.36. The van der Waals surface area contributed by atoms with Crippen molar-refractivity contribution in [3.8, 4) is 0 Å². The second-order valence-corrected chi connectivity index (χ2v) is 6.99. The average molecular weight is 376 g/mol. The first kappa shape index (κ1) is 18.8. The van der Waals surface area contributed by atoms with Crippen molar-refractivity contribution >= 4 is 23.2 Å². The molecule has 0 saturated carbocycles. The lowest BCUT2D eigenvalue weighted by molar-refractivity contribution is -0.121. The number of benzene rings is 2. The van der Waals surface area contributed by atoms with E-state index < -0.39 is 5.82 Å². The van der Waals surface area contributed by atoms with E-state index in [-0.39, 0.29) is 17.0 Å². The van der Waals surface area contributed by atoms with Crippen LogP contribution in [0, 0.1) is 5.82 Å². The zero-order valence-corrected chi connectivity index (χ0v) is 15.5. The van der Waals surface area contributed by atoms with Crippen molar-refractivity contribution in [1.29, 1.82) is 0 Å². The summed E-state index contributed by atoms with van der Waals surface area (Å²) in [6.45, 7) is 6.32. The predicted octanol–water partition coefficient (Wildman–Crippen LogP) is 3.62. The molecule has 6 heteroatoms. The summed E-state index contributed by atoms with van der Waals surface area (Å²) in [5.74, 6) is -0.550. The predicted molar refractivity (Wildman–Crippen MR) is 103 cm³/mol. The Morgan fingerprint density at radius 3 is 2.50 bits per heavy atom. The molecule has 4 nitrogen and oxygen atoms in total. The average Bonchev–Trinajstić information content (AvgIpc) is 2.65. The standard InChI is InChI=1S/C20H23ClFN3O/c1-15(20(26)23-19-8-7-17(22)13-18(19)21)25-11-9-24(10-12-25)14-16-5-3-2-4-6-16/h2-8,13,15H,9-12,14H2,1H3,(H,23,26). The molecule has 0 bridgehead atoms. The molecule has 1 heterocycles. The van der Waals surface area contributed by atoms with Gasteiger partial charge in [0.15, 0.2) is 0 Å². The number of amides is 1. The number of nitrogens with one attached hydrogen (secondary N) is 1. The zero-order valence-electron chi connectivity index (χ0n) is 14.8. The van der Waals surface area contributed by atoms with Crippen LogP contribution in [0.2, 0.25) is 5.02 Å². The highest BCUT2D eigenvalue weighted by molar-refractivity contribution is 6.33. The van der Waals surface area contributed by atoms with Gasteiger partial charge in [-0.25, -0.2) is 4.39 Å². The summed E-state index contributed by atoms with van der Waals surface area (Å²) in [4.78, 5) is 17.1. The molecule has 26 heavy (non-hydrogen) atoms. The molecule has 138 valence electrons. The SMILES string of the molecule is CC(C(=O)Nc1ccc(F)cc1Cl)N1CCN(Cc2ccccc2)CC1. The van der Waals surface area contributed by atoms with E-state index in [1.165, 1.54) is 23.8 Å². The molecule has 1 N–H and O–H groups in total. The van der Waals surface area contributed by atoms with Crippen LogP contribution in [0.25, 0.3) is 0 Å². The summed E-state index contributed by atoms with van der Waals surface area (Å²) in [6.07, 6.45) is 0. The second kappa shape index (κ2) is 8.62. The molecule has 0 radical (unpaired) electrons. The topological polar surface area (TPSA) is 35.6 Å². The van der Waals surface area contributed by atoms with Gasteiger partial charge in [0.05, 0.1) is 16.8 Å².